The average Bonchev–Trinajstić information content (AvgIpc) is 3.63. The lowest BCUT2D eigenvalue weighted by atomic mass is 9.67. The standard InChI is InChI=1S/C38H30O2/c39-23-24-40-37-22-21-31(26-34(37)28-13-5-2-6-14-28)38(30-20-19-29(25-30)27-11-3-1-4-12-27)35-17-9-7-15-32(35)33-16-8-10-18-36(33)38/h1-22,25-26,29,39H,23-24H2. The van der Waals surface area contributed by atoms with Crippen molar-refractivity contribution in [3.05, 3.63) is 173 Å². The molecule has 194 valence electrons. The molecule has 5 aromatic carbocycles. The summed E-state index contributed by atoms with van der Waals surface area (Å²) in [5, 5.41) is 9.50. The third kappa shape index (κ3) is 3.84. The zero-order chi connectivity index (χ0) is 26.9. The summed E-state index contributed by atoms with van der Waals surface area (Å²) in [7, 11) is 0. The molecular weight excluding hydrogens is 488 g/mol. The summed E-state index contributed by atoms with van der Waals surface area (Å²) >= 11 is 0. The van der Waals surface area contributed by atoms with Gasteiger partial charge in [0.05, 0.1) is 12.0 Å². The van der Waals surface area contributed by atoms with Gasteiger partial charge in [-0.2, -0.15) is 0 Å². The van der Waals surface area contributed by atoms with Crippen LogP contribution in [0.2, 0.25) is 0 Å². The molecule has 5 aromatic rings. The Hall–Kier alpha value is -4.66. The van der Waals surface area contributed by atoms with E-state index in [1.807, 2.05) is 6.07 Å². The maximum Gasteiger partial charge on any atom is 0.127 e. The number of benzene rings is 5. The van der Waals surface area contributed by atoms with Gasteiger partial charge in [-0.25, -0.2) is 0 Å². The third-order valence-electron chi connectivity index (χ3n) is 8.26. The van der Waals surface area contributed by atoms with Gasteiger partial charge in [0.15, 0.2) is 0 Å². The second kappa shape index (κ2) is 10.1. The SMILES string of the molecule is OCCOc1ccc(C2(C3=CC(c4ccccc4)C=C3)c3ccccc3-c3ccccc32)cc1-c1ccccc1. The van der Waals surface area contributed by atoms with Gasteiger partial charge in [0.1, 0.15) is 12.4 Å². The molecule has 1 atom stereocenters. The first-order valence-corrected chi connectivity index (χ1v) is 13.9. The minimum absolute atomic E-state index is 0.0285. The molecule has 0 amide bonds. The predicted molar refractivity (Wildman–Crippen MR) is 163 cm³/mol. The average molecular weight is 519 g/mol. The Kier molecular flexibility index (Phi) is 6.18. The molecule has 1 unspecified atom stereocenters. The van der Waals surface area contributed by atoms with Crippen molar-refractivity contribution in [3.63, 3.8) is 0 Å². The molecule has 0 saturated carbocycles. The van der Waals surface area contributed by atoms with Gasteiger partial charge in [-0.1, -0.05) is 133 Å². The van der Waals surface area contributed by atoms with Crippen molar-refractivity contribution in [1.29, 1.82) is 0 Å². The normalized spacial score (nSPS) is 16.3. The van der Waals surface area contributed by atoms with Crippen LogP contribution in [0.25, 0.3) is 22.3 Å². The largest absolute Gasteiger partial charge is 0.491 e. The lowest BCUT2D eigenvalue weighted by Gasteiger charge is -2.35. The molecule has 2 nitrogen and oxygen atoms in total. The summed E-state index contributed by atoms with van der Waals surface area (Å²) in [5.74, 6) is 0.991. The van der Waals surface area contributed by atoms with E-state index in [2.05, 4.69) is 140 Å². The van der Waals surface area contributed by atoms with Gasteiger partial charge >= 0.3 is 0 Å². The molecule has 0 spiro atoms. The van der Waals surface area contributed by atoms with Crippen LogP contribution in [0.5, 0.6) is 5.75 Å². The Morgan fingerprint density at radius 3 is 1.95 bits per heavy atom. The minimum atomic E-state index is -0.480. The molecule has 0 heterocycles. The number of hydrogen-bond acceptors (Lipinski definition) is 2. The van der Waals surface area contributed by atoms with E-state index in [4.69, 9.17) is 4.74 Å². The molecule has 0 fully saturated rings. The van der Waals surface area contributed by atoms with E-state index in [1.54, 1.807) is 0 Å². The van der Waals surface area contributed by atoms with Gasteiger partial charge in [-0.15, -0.1) is 0 Å². The lowest BCUT2D eigenvalue weighted by molar-refractivity contribution is 0.202. The van der Waals surface area contributed by atoms with Gasteiger partial charge in [-0.3, -0.25) is 0 Å². The maximum absolute atomic E-state index is 9.50. The molecule has 0 aromatic heterocycles. The highest BCUT2D eigenvalue weighted by molar-refractivity contribution is 5.88. The van der Waals surface area contributed by atoms with Crippen molar-refractivity contribution < 1.29 is 9.84 Å². The van der Waals surface area contributed by atoms with Crippen molar-refractivity contribution in [2.45, 2.75) is 11.3 Å². The summed E-state index contributed by atoms with van der Waals surface area (Å²) in [5.41, 5.74) is 10.5. The molecule has 1 N–H and O–H groups in total. The molecule has 40 heavy (non-hydrogen) atoms. The predicted octanol–water partition coefficient (Wildman–Crippen LogP) is 8.32. The van der Waals surface area contributed by atoms with Crippen molar-refractivity contribution in [2.24, 2.45) is 0 Å². The van der Waals surface area contributed by atoms with Crippen molar-refractivity contribution in [2.75, 3.05) is 13.2 Å². The Labute approximate surface area is 235 Å². The van der Waals surface area contributed by atoms with E-state index >= 15 is 0 Å². The highest BCUT2D eigenvalue weighted by atomic mass is 16.5. The van der Waals surface area contributed by atoms with Gasteiger partial charge in [0.25, 0.3) is 0 Å². The maximum atomic E-state index is 9.50. The van der Waals surface area contributed by atoms with E-state index in [1.165, 1.54) is 39.0 Å². The number of aliphatic hydroxyl groups excluding tert-OH is 1. The summed E-state index contributed by atoms with van der Waals surface area (Å²) < 4.78 is 6.05. The number of aliphatic hydroxyl groups is 1. The van der Waals surface area contributed by atoms with Crippen LogP contribution in [0.15, 0.2) is 151 Å². The second-order valence-corrected chi connectivity index (χ2v) is 10.4. The number of hydrogen-bond donors (Lipinski definition) is 1. The Bertz CT molecular complexity index is 1690. The van der Waals surface area contributed by atoms with Crippen LogP contribution in [0.1, 0.15) is 28.2 Å². The molecule has 2 aliphatic carbocycles. The van der Waals surface area contributed by atoms with Crippen LogP contribution in [0.3, 0.4) is 0 Å². The van der Waals surface area contributed by atoms with Crippen LogP contribution in [0, 0.1) is 0 Å². The first kappa shape index (κ1) is 24.4. The molecule has 7 rings (SSSR count). The Balaban J connectivity index is 1.51. The third-order valence-corrected chi connectivity index (χ3v) is 8.26. The lowest BCUT2D eigenvalue weighted by Crippen LogP contribution is -2.28. The Morgan fingerprint density at radius 1 is 0.650 bits per heavy atom. The zero-order valence-corrected chi connectivity index (χ0v) is 22.2. The number of rotatable bonds is 7. The van der Waals surface area contributed by atoms with E-state index < -0.39 is 5.41 Å². The van der Waals surface area contributed by atoms with E-state index in [0.717, 1.165) is 16.9 Å². The van der Waals surface area contributed by atoms with Gasteiger partial charge < -0.3 is 9.84 Å². The molecule has 0 radical (unpaired) electrons. The van der Waals surface area contributed by atoms with Crippen molar-refractivity contribution in [3.8, 4) is 28.0 Å². The van der Waals surface area contributed by atoms with Gasteiger partial charge in [0.2, 0.25) is 0 Å². The topological polar surface area (TPSA) is 29.5 Å². The number of fused-ring (bicyclic) bond motifs is 3. The summed E-state index contributed by atoms with van der Waals surface area (Å²) in [6.07, 6.45) is 7.09. The first-order chi connectivity index (χ1) is 19.8. The van der Waals surface area contributed by atoms with Crippen LogP contribution < -0.4 is 4.74 Å². The van der Waals surface area contributed by atoms with Crippen LogP contribution in [-0.2, 0) is 5.41 Å². The smallest absolute Gasteiger partial charge is 0.127 e. The highest BCUT2D eigenvalue weighted by Gasteiger charge is 2.47. The quantitative estimate of drug-likeness (QED) is 0.235. The number of allylic oxidation sites excluding steroid dienone is 4. The monoisotopic (exact) mass is 518 g/mol. The highest BCUT2D eigenvalue weighted by Crippen LogP contribution is 2.58. The molecule has 0 aliphatic heterocycles. The van der Waals surface area contributed by atoms with Crippen molar-refractivity contribution in [1.82, 2.24) is 0 Å². The van der Waals surface area contributed by atoms with Gasteiger partial charge in [-0.05, 0) is 56.6 Å². The second-order valence-electron chi connectivity index (χ2n) is 10.4. The summed E-state index contributed by atoms with van der Waals surface area (Å²) in [6, 6.07) is 45.3. The fraction of sp³-hybridized carbons (Fsp3) is 0.105. The fourth-order valence-corrected chi connectivity index (χ4v) is 6.56. The molecule has 2 heteroatoms. The summed E-state index contributed by atoms with van der Waals surface area (Å²) in [6.45, 7) is 0.224. The molecular formula is C38H30O2. The molecule has 0 saturated heterocycles. The zero-order valence-electron chi connectivity index (χ0n) is 22.2. The minimum Gasteiger partial charge on any atom is -0.491 e. The van der Waals surface area contributed by atoms with Crippen molar-refractivity contribution >= 4 is 0 Å². The number of ether oxygens (including phenoxy) is 1. The van der Waals surface area contributed by atoms with Crippen LogP contribution >= 0.6 is 0 Å². The van der Waals surface area contributed by atoms with Crippen LogP contribution in [-0.4, -0.2) is 18.3 Å². The van der Waals surface area contributed by atoms with Gasteiger partial charge in [0, 0.05) is 11.5 Å². The summed E-state index contributed by atoms with van der Waals surface area (Å²) in [4.78, 5) is 0. The first-order valence-electron chi connectivity index (χ1n) is 13.9. The fourth-order valence-electron chi connectivity index (χ4n) is 6.56. The molecule has 2 aliphatic rings. The molecule has 0 bridgehead atoms. The Morgan fingerprint density at radius 2 is 1.27 bits per heavy atom. The van der Waals surface area contributed by atoms with E-state index in [0.29, 0.717) is 0 Å². The van der Waals surface area contributed by atoms with Crippen LogP contribution in [0.4, 0.5) is 0 Å². The van der Waals surface area contributed by atoms with E-state index in [9.17, 15) is 5.11 Å². The van der Waals surface area contributed by atoms with E-state index in [-0.39, 0.29) is 19.1 Å².